The van der Waals surface area contributed by atoms with Crippen LogP contribution in [0.2, 0.25) is 0 Å². The zero-order chi connectivity index (χ0) is 37.3. The molecule has 0 aliphatic heterocycles. The molecule has 0 bridgehead atoms. The SMILES string of the molecule is c1ccc(-c2ccc(-c3ccc(N(c4ccc(-c5ccc(-c6ccccc6)cc5)cc4)c4ccc(-c5ccc6sc7ccccc7c6c5)cc4)cc3)cc2)cc1. The average molecular weight is 732 g/mol. The van der Waals surface area contributed by atoms with E-state index < -0.39 is 0 Å². The van der Waals surface area contributed by atoms with E-state index in [0.717, 1.165) is 17.1 Å². The first kappa shape index (κ1) is 33.6. The van der Waals surface area contributed by atoms with Crippen LogP contribution < -0.4 is 4.90 Å². The molecule has 9 aromatic carbocycles. The molecular formula is C54H37NS. The second-order valence-corrected chi connectivity index (χ2v) is 15.3. The van der Waals surface area contributed by atoms with Crippen molar-refractivity contribution < 1.29 is 0 Å². The van der Waals surface area contributed by atoms with Crippen molar-refractivity contribution in [2.24, 2.45) is 0 Å². The van der Waals surface area contributed by atoms with Crippen LogP contribution in [0.15, 0.2) is 224 Å². The van der Waals surface area contributed by atoms with Crippen molar-refractivity contribution in [1.29, 1.82) is 0 Å². The topological polar surface area (TPSA) is 3.24 Å². The van der Waals surface area contributed by atoms with E-state index in [1.807, 2.05) is 11.3 Å². The number of hydrogen-bond acceptors (Lipinski definition) is 2. The molecule has 0 spiro atoms. The minimum absolute atomic E-state index is 1.11. The molecule has 0 amide bonds. The first-order chi connectivity index (χ1) is 27.7. The molecule has 0 fully saturated rings. The fourth-order valence-electron chi connectivity index (χ4n) is 7.73. The first-order valence-corrected chi connectivity index (χ1v) is 19.9. The molecule has 0 atom stereocenters. The third kappa shape index (κ3) is 6.57. The maximum atomic E-state index is 2.35. The van der Waals surface area contributed by atoms with E-state index in [9.17, 15) is 0 Å². The molecular weight excluding hydrogens is 695 g/mol. The zero-order valence-corrected chi connectivity index (χ0v) is 31.5. The molecule has 1 aromatic heterocycles. The lowest BCUT2D eigenvalue weighted by atomic mass is 9.99. The van der Waals surface area contributed by atoms with E-state index in [-0.39, 0.29) is 0 Å². The number of nitrogens with zero attached hydrogens (tertiary/aromatic N) is 1. The Morgan fingerprint density at radius 3 is 0.964 bits per heavy atom. The van der Waals surface area contributed by atoms with Crippen LogP contribution in [0.5, 0.6) is 0 Å². The molecule has 0 aliphatic rings. The quantitative estimate of drug-likeness (QED) is 0.150. The predicted molar refractivity (Wildman–Crippen MR) is 241 cm³/mol. The second-order valence-electron chi connectivity index (χ2n) is 14.2. The molecule has 56 heavy (non-hydrogen) atoms. The summed E-state index contributed by atoms with van der Waals surface area (Å²) in [7, 11) is 0. The Balaban J connectivity index is 0.978. The molecule has 2 heteroatoms. The van der Waals surface area contributed by atoms with Crippen molar-refractivity contribution in [3.63, 3.8) is 0 Å². The Morgan fingerprint density at radius 1 is 0.232 bits per heavy atom. The molecule has 1 nitrogen and oxygen atoms in total. The lowest BCUT2D eigenvalue weighted by Crippen LogP contribution is -2.09. The smallest absolute Gasteiger partial charge is 0.0462 e. The fourth-order valence-corrected chi connectivity index (χ4v) is 8.82. The van der Waals surface area contributed by atoms with Gasteiger partial charge in [-0.3, -0.25) is 0 Å². The number of thiophene rings is 1. The Morgan fingerprint density at radius 2 is 0.536 bits per heavy atom. The second kappa shape index (κ2) is 14.7. The van der Waals surface area contributed by atoms with Gasteiger partial charge in [0.1, 0.15) is 0 Å². The van der Waals surface area contributed by atoms with E-state index in [1.165, 1.54) is 75.8 Å². The maximum absolute atomic E-state index is 2.35. The van der Waals surface area contributed by atoms with E-state index in [1.54, 1.807) is 0 Å². The Hall–Kier alpha value is -7.00. The molecule has 264 valence electrons. The van der Waals surface area contributed by atoms with Gasteiger partial charge in [0.05, 0.1) is 0 Å². The summed E-state index contributed by atoms with van der Waals surface area (Å²) in [5.41, 5.74) is 15.4. The Bertz CT molecular complexity index is 2770. The van der Waals surface area contributed by atoms with Gasteiger partial charge in [0, 0.05) is 37.2 Å². The van der Waals surface area contributed by atoms with E-state index >= 15 is 0 Å². The van der Waals surface area contributed by atoms with Gasteiger partial charge in [-0.2, -0.15) is 0 Å². The van der Waals surface area contributed by atoms with Crippen molar-refractivity contribution in [3.8, 4) is 55.6 Å². The molecule has 0 unspecified atom stereocenters. The summed E-state index contributed by atoms with van der Waals surface area (Å²) in [5, 5.41) is 2.64. The van der Waals surface area contributed by atoms with E-state index in [2.05, 4.69) is 229 Å². The molecule has 1 heterocycles. The highest BCUT2D eigenvalue weighted by molar-refractivity contribution is 7.25. The maximum Gasteiger partial charge on any atom is 0.0462 e. The summed E-state index contributed by atoms with van der Waals surface area (Å²) in [6, 6.07) is 81.2. The number of fused-ring (bicyclic) bond motifs is 3. The third-order valence-electron chi connectivity index (χ3n) is 10.7. The monoisotopic (exact) mass is 731 g/mol. The normalized spacial score (nSPS) is 11.2. The number of rotatable bonds is 8. The summed E-state index contributed by atoms with van der Waals surface area (Å²) in [6.45, 7) is 0. The highest BCUT2D eigenvalue weighted by Crippen LogP contribution is 2.40. The van der Waals surface area contributed by atoms with Gasteiger partial charge < -0.3 is 4.90 Å². The van der Waals surface area contributed by atoms with Crippen molar-refractivity contribution in [2.45, 2.75) is 0 Å². The molecule has 0 aliphatic carbocycles. The van der Waals surface area contributed by atoms with E-state index in [0.29, 0.717) is 0 Å². The highest BCUT2D eigenvalue weighted by atomic mass is 32.1. The summed E-state index contributed by atoms with van der Waals surface area (Å²) in [5.74, 6) is 0. The summed E-state index contributed by atoms with van der Waals surface area (Å²) in [4.78, 5) is 2.35. The molecule has 0 radical (unpaired) electrons. The molecule has 0 N–H and O–H groups in total. The third-order valence-corrected chi connectivity index (χ3v) is 11.9. The van der Waals surface area contributed by atoms with Crippen molar-refractivity contribution in [3.05, 3.63) is 224 Å². The van der Waals surface area contributed by atoms with Gasteiger partial charge in [-0.15, -0.1) is 11.3 Å². The molecule has 0 saturated carbocycles. The van der Waals surface area contributed by atoms with Gasteiger partial charge in [-0.05, 0) is 110 Å². The van der Waals surface area contributed by atoms with Gasteiger partial charge >= 0.3 is 0 Å². The number of hydrogen-bond donors (Lipinski definition) is 0. The van der Waals surface area contributed by atoms with Crippen LogP contribution in [0, 0.1) is 0 Å². The van der Waals surface area contributed by atoms with Crippen molar-refractivity contribution in [1.82, 2.24) is 0 Å². The molecule has 10 aromatic rings. The van der Waals surface area contributed by atoms with Gasteiger partial charge in [-0.25, -0.2) is 0 Å². The first-order valence-electron chi connectivity index (χ1n) is 19.1. The van der Waals surface area contributed by atoms with Gasteiger partial charge in [0.2, 0.25) is 0 Å². The van der Waals surface area contributed by atoms with Crippen LogP contribution in [0.1, 0.15) is 0 Å². The lowest BCUT2D eigenvalue weighted by Gasteiger charge is -2.26. The average Bonchev–Trinajstić information content (AvgIpc) is 3.66. The standard InChI is InChI=1S/C54H37NS/c1-3-9-38(10-4-1)40-15-19-42(20-16-40)44-23-30-48(31-24-44)55(49-32-25-45(26-33-49)43-21-17-41(18-22-43)39-11-5-2-6-12-39)50-34-27-46(28-35-50)47-29-36-54-52(37-47)51-13-7-8-14-53(51)56-54/h1-37H. The zero-order valence-electron chi connectivity index (χ0n) is 30.7. The van der Waals surface area contributed by atoms with Crippen LogP contribution >= 0.6 is 11.3 Å². The number of anilines is 3. The fraction of sp³-hybridized carbons (Fsp3) is 0. The van der Waals surface area contributed by atoms with Crippen LogP contribution in [-0.4, -0.2) is 0 Å². The van der Waals surface area contributed by atoms with Crippen molar-refractivity contribution in [2.75, 3.05) is 4.90 Å². The van der Waals surface area contributed by atoms with E-state index in [4.69, 9.17) is 0 Å². The summed E-state index contributed by atoms with van der Waals surface area (Å²) < 4.78 is 2.65. The Labute approximate surface area is 332 Å². The predicted octanol–water partition coefficient (Wildman–Crippen LogP) is 15.9. The molecule has 0 saturated heterocycles. The highest BCUT2D eigenvalue weighted by Gasteiger charge is 2.15. The molecule has 10 rings (SSSR count). The van der Waals surface area contributed by atoms with Crippen LogP contribution in [0.25, 0.3) is 75.8 Å². The van der Waals surface area contributed by atoms with Crippen LogP contribution in [0.4, 0.5) is 17.1 Å². The minimum atomic E-state index is 1.11. The minimum Gasteiger partial charge on any atom is -0.311 e. The lowest BCUT2D eigenvalue weighted by molar-refractivity contribution is 1.28. The Kier molecular flexibility index (Phi) is 8.79. The van der Waals surface area contributed by atoms with Crippen LogP contribution in [-0.2, 0) is 0 Å². The van der Waals surface area contributed by atoms with Crippen LogP contribution in [0.3, 0.4) is 0 Å². The number of benzene rings is 9. The van der Waals surface area contributed by atoms with Gasteiger partial charge in [0.15, 0.2) is 0 Å². The summed E-state index contributed by atoms with van der Waals surface area (Å²) >= 11 is 1.86. The van der Waals surface area contributed by atoms with Gasteiger partial charge in [-0.1, -0.05) is 170 Å². The largest absolute Gasteiger partial charge is 0.311 e. The summed E-state index contributed by atoms with van der Waals surface area (Å²) in [6.07, 6.45) is 0. The van der Waals surface area contributed by atoms with Crippen molar-refractivity contribution >= 4 is 48.6 Å². The van der Waals surface area contributed by atoms with Gasteiger partial charge in [0.25, 0.3) is 0 Å².